The molecule has 0 unspecified atom stereocenters. The molecule has 20 heavy (non-hydrogen) atoms. The fourth-order valence-electron chi connectivity index (χ4n) is 2.69. The molecule has 0 saturated carbocycles. The molecule has 0 bridgehead atoms. The molecule has 0 saturated heterocycles. The lowest BCUT2D eigenvalue weighted by Crippen LogP contribution is -2.35. The Labute approximate surface area is 127 Å². The van der Waals surface area contributed by atoms with Gasteiger partial charge in [-0.1, -0.05) is 46.3 Å². The Morgan fingerprint density at radius 3 is 2.85 bits per heavy atom. The van der Waals surface area contributed by atoms with E-state index in [2.05, 4.69) is 22.0 Å². The van der Waals surface area contributed by atoms with Crippen LogP contribution in [0.2, 0.25) is 0 Å². The first-order valence-electron chi connectivity index (χ1n) is 6.84. The minimum Gasteiger partial charge on any atom is -0.308 e. The summed E-state index contributed by atoms with van der Waals surface area (Å²) in [5, 5.41) is 0.769. The van der Waals surface area contributed by atoms with Gasteiger partial charge in [0.25, 0.3) is 5.91 Å². The molecular formula is C17H16BrNO. The van der Waals surface area contributed by atoms with Crippen molar-refractivity contribution in [2.24, 2.45) is 0 Å². The Bertz CT molecular complexity index is 638. The zero-order chi connectivity index (χ0) is 13.9. The van der Waals surface area contributed by atoms with Crippen molar-refractivity contribution in [3.8, 4) is 0 Å². The third-order valence-electron chi connectivity index (χ3n) is 3.68. The Balaban J connectivity index is 1.95. The van der Waals surface area contributed by atoms with Gasteiger partial charge in [0.1, 0.15) is 0 Å². The molecule has 3 heteroatoms. The van der Waals surface area contributed by atoms with Crippen molar-refractivity contribution in [2.45, 2.75) is 18.2 Å². The van der Waals surface area contributed by atoms with Crippen molar-refractivity contribution in [3.05, 3.63) is 65.2 Å². The molecule has 0 radical (unpaired) electrons. The van der Waals surface area contributed by atoms with E-state index < -0.39 is 0 Å². The molecule has 2 aromatic rings. The number of benzene rings is 2. The lowest BCUT2D eigenvalue weighted by atomic mass is 10.0. The van der Waals surface area contributed by atoms with Crippen LogP contribution in [0.15, 0.2) is 48.5 Å². The van der Waals surface area contributed by atoms with Gasteiger partial charge in [-0.3, -0.25) is 4.79 Å². The molecule has 102 valence electrons. The van der Waals surface area contributed by atoms with Crippen LogP contribution in [0.25, 0.3) is 0 Å². The second-order valence-electron chi connectivity index (χ2n) is 5.02. The SMILES string of the molecule is O=C(c1cccc(CBr)c1)N1CCCc2ccccc21. The highest BCUT2D eigenvalue weighted by Gasteiger charge is 2.23. The monoisotopic (exact) mass is 329 g/mol. The van der Waals surface area contributed by atoms with Crippen molar-refractivity contribution >= 4 is 27.5 Å². The van der Waals surface area contributed by atoms with Crippen LogP contribution in [-0.2, 0) is 11.8 Å². The lowest BCUT2D eigenvalue weighted by molar-refractivity contribution is 0.0985. The smallest absolute Gasteiger partial charge is 0.258 e. The zero-order valence-corrected chi connectivity index (χ0v) is 12.8. The summed E-state index contributed by atoms with van der Waals surface area (Å²) in [4.78, 5) is 14.7. The van der Waals surface area contributed by atoms with Gasteiger partial charge in [-0.15, -0.1) is 0 Å². The number of aryl methyl sites for hydroxylation is 1. The van der Waals surface area contributed by atoms with E-state index in [1.165, 1.54) is 5.56 Å². The fraction of sp³-hybridized carbons (Fsp3) is 0.235. The van der Waals surface area contributed by atoms with Crippen molar-refractivity contribution < 1.29 is 4.79 Å². The Morgan fingerprint density at radius 1 is 1.15 bits per heavy atom. The van der Waals surface area contributed by atoms with E-state index in [0.29, 0.717) is 0 Å². The van der Waals surface area contributed by atoms with Gasteiger partial charge < -0.3 is 4.90 Å². The lowest BCUT2D eigenvalue weighted by Gasteiger charge is -2.29. The predicted octanol–water partition coefficient (Wildman–Crippen LogP) is 4.17. The minimum absolute atomic E-state index is 0.0972. The predicted molar refractivity (Wildman–Crippen MR) is 85.5 cm³/mol. The highest BCUT2D eigenvalue weighted by molar-refractivity contribution is 9.08. The summed E-state index contributed by atoms with van der Waals surface area (Å²) in [5.74, 6) is 0.0972. The minimum atomic E-state index is 0.0972. The first kappa shape index (κ1) is 13.4. The number of amides is 1. The molecule has 0 N–H and O–H groups in total. The van der Waals surface area contributed by atoms with E-state index in [1.807, 2.05) is 47.4 Å². The van der Waals surface area contributed by atoms with Gasteiger partial charge in [-0.2, -0.15) is 0 Å². The largest absolute Gasteiger partial charge is 0.308 e. The van der Waals surface area contributed by atoms with Gasteiger partial charge in [-0.25, -0.2) is 0 Å². The quantitative estimate of drug-likeness (QED) is 0.757. The van der Waals surface area contributed by atoms with Crippen molar-refractivity contribution in [3.63, 3.8) is 0 Å². The molecule has 1 heterocycles. The van der Waals surface area contributed by atoms with E-state index in [1.54, 1.807) is 0 Å². The standard InChI is InChI=1S/C17H16BrNO/c18-12-13-5-3-7-15(11-13)17(20)19-10-4-8-14-6-1-2-9-16(14)19/h1-3,5-7,9,11H,4,8,10,12H2. The second-order valence-corrected chi connectivity index (χ2v) is 5.58. The maximum Gasteiger partial charge on any atom is 0.258 e. The Hall–Kier alpha value is -1.61. The molecule has 0 fully saturated rings. The number of fused-ring (bicyclic) bond motifs is 1. The second kappa shape index (κ2) is 5.80. The van der Waals surface area contributed by atoms with Crippen LogP contribution in [0.1, 0.15) is 27.9 Å². The zero-order valence-electron chi connectivity index (χ0n) is 11.2. The molecular weight excluding hydrogens is 314 g/mol. The van der Waals surface area contributed by atoms with E-state index in [-0.39, 0.29) is 5.91 Å². The molecule has 0 aromatic heterocycles. The molecule has 0 atom stereocenters. The van der Waals surface area contributed by atoms with Crippen LogP contribution in [0, 0.1) is 0 Å². The number of para-hydroxylation sites is 1. The summed E-state index contributed by atoms with van der Waals surface area (Å²) in [6.45, 7) is 0.800. The Morgan fingerprint density at radius 2 is 2.00 bits per heavy atom. The summed E-state index contributed by atoms with van der Waals surface area (Å²) >= 11 is 3.44. The number of rotatable bonds is 2. The fourth-order valence-corrected chi connectivity index (χ4v) is 3.04. The number of hydrogen-bond donors (Lipinski definition) is 0. The number of alkyl halides is 1. The van der Waals surface area contributed by atoms with Gasteiger partial charge in [0.15, 0.2) is 0 Å². The molecule has 1 aliphatic heterocycles. The summed E-state index contributed by atoms with van der Waals surface area (Å²) in [6.07, 6.45) is 2.09. The van der Waals surface area contributed by atoms with Crippen molar-refractivity contribution in [2.75, 3.05) is 11.4 Å². The molecule has 1 aliphatic rings. The summed E-state index contributed by atoms with van der Waals surface area (Å²) in [7, 11) is 0. The Kier molecular flexibility index (Phi) is 3.88. The number of nitrogens with zero attached hydrogens (tertiary/aromatic N) is 1. The molecule has 1 amide bonds. The van der Waals surface area contributed by atoms with Gasteiger partial charge >= 0.3 is 0 Å². The van der Waals surface area contributed by atoms with E-state index in [9.17, 15) is 4.79 Å². The third kappa shape index (κ3) is 2.50. The van der Waals surface area contributed by atoms with E-state index >= 15 is 0 Å². The normalized spacial score (nSPS) is 13.9. The van der Waals surface area contributed by atoms with Crippen LogP contribution in [0.5, 0.6) is 0 Å². The van der Waals surface area contributed by atoms with E-state index in [0.717, 1.165) is 41.5 Å². The molecule has 2 nitrogen and oxygen atoms in total. The first-order chi connectivity index (χ1) is 9.79. The summed E-state index contributed by atoms with van der Waals surface area (Å²) in [5.41, 5.74) is 4.22. The summed E-state index contributed by atoms with van der Waals surface area (Å²) < 4.78 is 0. The molecule has 0 aliphatic carbocycles. The van der Waals surface area contributed by atoms with Gasteiger partial charge in [0, 0.05) is 23.1 Å². The summed E-state index contributed by atoms with van der Waals surface area (Å²) in [6, 6.07) is 16.0. The van der Waals surface area contributed by atoms with E-state index in [4.69, 9.17) is 0 Å². The number of anilines is 1. The van der Waals surface area contributed by atoms with Crippen LogP contribution >= 0.6 is 15.9 Å². The molecule has 2 aromatic carbocycles. The number of halogens is 1. The topological polar surface area (TPSA) is 20.3 Å². The number of hydrogen-bond acceptors (Lipinski definition) is 1. The van der Waals surface area contributed by atoms with Crippen LogP contribution < -0.4 is 4.90 Å². The molecule has 0 spiro atoms. The average Bonchev–Trinajstić information content (AvgIpc) is 2.53. The van der Waals surface area contributed by atoms with Crippen molar-refractivity contribution in [1.29, 1.82) is 0 Å². The highest BCUT2D eigenvalue weighted by Crippen LogP contribution is 2.28. The van der Waals surface area contributed by atoms with Crippen molar-refractivity contribution in [1.82, 2.24) is 0 Å². The van der Waals surface area contributed by atoms with Crippen LogP contribution in [0.3, 0.4) is 0 Å². The van der Waals surface area contributed by atoms with Gasteiger partial charge in [0.2, 0.25) is 0 Å². The van der Waals surface area contributed by atoms with Gasteiger partial charge in [0.05, 0.1) is 0 Å². The third-order valence-corrected chi connectivity index (χ3v) is 4.33. The molecule has 3 rings (SSSR count). The highest BCUT2D eigenvalue weighted by atomic mass is 79.9. The maximum absolute atomic E-state index is 12.7. The first-order valence-corrected chi connectivity index (χ1v) is 7.96. The van der Waals surface area contributed by atoms with Crippen LogP contribution in [0.4, 0.5) is 5.69 Å². The average molecular weight is 330 g/mol. The maximum atomic E-state index is 12.7. The van der Waals surface area contributed by atoms with Crippen LogP contribution in [-0.4, -0.2) is 12.5 Å². The number of carbonyl (C=O) groups is 1. The van der Waals surface area contributed by atoms with Gasteiger partial charge in [-0.05, 0) is 42.2 Å². The number of carbonyl (C=O) groups excluding carboxylic acids is 1.